The Morgan fingerprint density at radius 2 is 2.03 bits per heavy atom. The van der Waals surface area contributed by atoms with Gasteiger partial charge in [-0.15, -0.1) is 0 Å². The van der Waals surface area contributed by atoms with Crippen LogP contribution in [0.5, 0.6) is 5.75 Å². The minimum atomic E-state index is 0.358. The van der Waals surface area contributed by atoms with E-state index < -0.39 is 0 Å². The molecule has 2 saturated carbocycles. The van der Waals surface area contributed by atoms with Crippen molar-refractivity contribution in [2.45, 2.75) is 65.7 Å². The zero-order valence-electron chi connectivity index (χ0n) is 19.5. The summed E-state index contributed by atoms with van der Waals surface area (Å²) in [5.74, 6) is 3.36. The lowest BCUT2D eigenvalue weighted by Crippen LogP contribution is -3.11. The number of aromatic hydroxyl groups is 1. The Kier molecular flexibility index (Phi) is 6.60. The molecule has 5 atom stereocenters. The lowest BCUT2D eigenvalue weighted by molar-refractivity contribution is -0.896. The van der Waals surface area contributed by atoms with Crippen LogP contribution in [0.1, 0.15) is 70.4 Å². The van der Waals surface area contributed by atoms with Crippen LogP contribution in [-0.4, -0.2) is 38.0 Å². The van der Waals surface area contributed by atoms with Gasteiger partial charge in [-0.2, -0.15) is 0 Å². The van der Waals surface area contributed by atoms with E-state index in [9.17, 15) is 5.11 Å². The van der Waals surface area contributed by atoms with Crippen molar-refractivity contribution in [3.63, 3.8) is 0 Å². The maximum absolute atomic E-state index is 9.95. The molecule has 4 unspecified atom stereocenters. The van der Waals surface area contributed by atoms with E-state index in [4.69, 9.17) is 4.74 Å². The van der Waals surface area contributed by atoms with Gasteiger partial charge in [0, 0.05) is 0 Å². The van der Waals surface area contributed by atoms with Gasteiger partial charge in [-0.1, -0.05) is 31.6 Å². The van der Waals surface area contributed by atoms with E-state index in [-0.39, 0.29) is 0 Å². The van der Waals surface area contributed by atoms with Crippen molar-refractivity contribution in [3.8, 4) is 5.75 Å². The third-order valence-electron chi connectivity index (χ3n) is 8.95. The molecular weight excluding hydrogens is 370 g/mol. The van der Waals surface area contributed by atoms with Crippen molar-refractivity contribution in [2.75, 3.05) is 32.8 Å². The molecule has 0 spiro atoms. The zero-order valence-corrected chi connectivity index (χ0v) is 19.5. The Bertz CT molecular complexity index is 768. The quantitative estimate of drug-likeness (QED) is 0.515. The number of hydrogen-bond donors (Lipinski definition) is 2. The van der Waals surface area contributed by atoms with Crippen molar-refractivity contribution >= 4 is 0 Å². The highest BCUT2D eigenvalue weighted by atomic mass is 16.5. The van der Waals surface area contributed by atoms with Crippen LogP contribution in [0.15, 0.2) is 29.8 Å². The Hall–Kier alpha value is -1.32. The number of phenolic OH excluding ortho intramolecular Hbond substituents is 1. The molecule has 0 aromatic heterocycles. The fraction of sp³-hybridized carbons (Fsp3) is 0.704. The van der Waals surface area contributed by atoms with E-state index in [0.717, 1.165) is 38.0 Å². The summed E-state index contributed by atoms with van der Waals surface area (Å²) in [6.45, 7) is 14.6. The molecule has 166 valence electrons. The number of phenols is 1. The first-order chi connectivity index (χ1) is 14.5. The molecule has 3 aliphatic carbocycles. The molecule has 30 heavy (non-hydrogen) atoms. The first-order valence-corrected chi connectivity index (χ1v) is 12.4. The average molecular weight is 413 g/mol. The largest absolute Gasteiger partial charge is 0.508 e. The van der Waals surface area contributed by atoms with Gasteiger partial charge in [0.1, 0.15) is 12.3 Å². The summed E-state index contributed by atoms with van der Waals surface area (Å²) < 4.78 is 6.02. The Balaban J connectivity index is 1.44. The van der Waals surface area contributed by atoms with Crippen LogP contribution in [-0.2, 0) is 11.2 Å². The van der Waals surface area contributed by atoms with Crippen LogP contribution in [0.4, 0.5) is 0 Å². The van der Waals surface area contributed by atoms with Gasteiger partial charge in [-0.3, -0.25) is 0 Å². The van der Waals surface area contributed by atoms with Gasteiger partial charge in [-0.25, -0.2) is 0 Å². The molecule has 0 heterocycles. The summed E-state index contributed by atoms with van der Waals surface area (Å²) in [6.07, 6.45) is 8.73. The van der Waals surface area contributed by atoms with Crippen molar-refractivity contribution in [3.05, 3.63) is 41.0 Å². The minimum absolute atomic E-state index is 0.358. The molecule has 3 aliphatic rings. The highest BCUT2D eigenvalue weighted by Gasteiger charge is 2.54. The molecule has 0 amide bonds. The number of likely N-dealkylation sites (N-methyl/N-ethyl adjacent to an activating group) is 1. The molecular formula is C27H42NO2+. The second-order valence-corrected chi connectivity index (χ2v) is 10.4. The molecule has 3 nitrogen and oxygen atoms in total. The van der Waals surface area contributed by atoms with E-state index >= 15 is 0 Å². The van der Waals surface area contributed by atoms with Crippen molar-refractivity contribution in [1.29, 1.82) is 0 Å². The number of quaternary nitrogens is 1. The molecule has 2 N–H and O–H groups in total. The van der Waals surface area contributed by atoms with Crippen LogP contribution < -0.4 is 4.90 Å². The lowest BCUT2D eigenvalue weighted by atomic mass is 9.52. The number of nitrogens with one attached hydrogen (secondary N) is 1. The number of ether oxygens (including phenoxy) is 1. The zero-order chi connectivity index (χ0) is 21.3. The lowest BCUT2D eigenvalue weighted by Gasteiger charge is -2.52. The van der Waals surface area contributed by atoms with E-state index in [0.29, 0.717) is 23.0 Å². The maximum atomic E-state index is 9.95. The predicted molar refractivity (Wildman–Crippen MR) is 123 cm³/mol. The molecule has 4 rings (SSSR count). The molecule has 3 heteroatoms. The highest BCUT2D eigenvalue weighted by Crippen LogP contribution is 2.63. The smallest absolute Gasteiger partial charge is 0.115 e. The van der Waals surface area contributed by atoms with Gasteiger partial charge in [0.2, 0.25) is 0 Å². The van der Waals surface area contributed by atoms with Gasteiger partial charge in [0.05, 0.1) is 26.3 Å². The van der Waals surface area contributed by atoms with E-state index in [1.807, 2.05) is 12.1 Å². The molecule has 2 fully saturated rings. The fourth-order valence-electron chi connectivity index (χ4n) is 7.21. The SMILES string of the molecule is CC[NH+](CC)CCOC/C=C1\CCC2C3C(CCC12C)c1ccc(O)cc1C[C@H]3C. The monoisotopic (exact) mass is 412 g/mol. The van der Waals surface area contributed by atoms with E-state index in [1.165, 1.54) is 49.9 Å². The van der Waals surface area contributed by atoms with Gasteiger partial charge in [0.15, 0.2) is 0 Å². The highest BCUT2D eigenvalue weighted by molar-refractivity contribution is 5.41. The van der Waals surface area contributed by atoms with Gasteiger partial charge in [0.25, 0.3) is 0 Å². The van der Waals surface area contributed by atoms with Gasteiger partial charge < -0.3 is 14.7 Å². The second-order valence-electron chi connectivity index (χ2n) is 10.4. The van der Waals surface area contributed by atoms with Crippen LogP contribution in [0.3, 0.4) is 0 Å². The molecule has 0 saturated heterocycles. The first-order valence-electron chi connectivity index (χ1n) is 12.4. The van der Waals surface area contributed by atoms with Crippen molar-refractivity contribution in [2.24, 2.45) is 23.2 Å². The Labute approximate surface area is 183 Å². The average Bonchev–Trinajstić information content (AvgIpc) is 3.06. The molecule has 0 aliphatic heterocycles. The summed E-state index contributed by atoms with van der Waals surface area (Å²) in [6, 6.07) is 6.14. The molecule has 1 aromatic carbocycles. The van der Waals surface area contributed by atoms with E-state index in [1.54, 1.807) is 10.5 Å². The third kappa shape index (κ3) is 3.96. The van der Waals surface area contributed by atoms with Crippen LogP contribution in [0, 0.1) is 23.2 Å². The second kappa shape index (κ2) is 9.04. The normalized spacial score (nSPS) is 34.1. The van der Waals surface area contributed by atoms with Crippen molar-refractivity contribution in [1.82, 2.24) is 0 Å². The summed E-state index contributed by atoms with van der Waals surface area (Å²) in [5.41, 5.74) is 4.95. The standard InChI is InChI=1S/C27H41NO2/c1-5-28(6-2)14-16-30-15-12-21-7-10-25-26-19(3)17-20-18-22(29)8-9-23(20)24(26)11-13-27(21,25)4/h8-9,12,18-19,24-26,29H,5-7,10-11,13-17H2,1-4H3/p+1/b21-12+/t19-,24?,25?,26?,27?/m1/s1. The summed E-state index contributed by atoms with van der Waals surface area (Å²) in [4.78, 5) is 1.62. The fourth-order valence-corrected chi connectivity index (χ4v) is 7.21. The van der Waals surface area contributed by atoms with Gasteiger partial charge >= 0.3 is 0 Å². The molecule has 0 bridgehead atoms. The summed E-state index contributed by atoms with van der Waals surface area (Å²) >= 11 is 0. The van der Waals surface area contributed by atoms with Crippen LogP contribution >= 0.6 is 0 Å². The predicted octanol–water partition coefficient (Wildman–Crippen LogP) is 4.36. The Morgan fingerprint density at radius 3 is 2.80 bits per heavy atom. The maximum Gasteiger partial charge on any atom is 0.115 e. The van der Waals surface area contributed by atoms with Crippen LogP contribution in [0.25, 0.3) is 0 Å². The topological polar surface area (TPSA) is 33.9 Å². The van der Waals surface area contributed by atoms with Crippen molar-refractivity contribution < 1.29 is 14.7 Å². The first kappa shape index (κ1) is 21.9. The Morgan fingerprint density at radius 1 is 1.23 bits per heavy atom. The van der Waals surface area contributed by atoms with Gasteiger partial charge in [-0.05, 0) is 98.3 Å². The number of fused-ring (bicyclic) bond motifs is 5. The number of benzene rings is 1. The number of allylic oxidation sites excluding steroid dienone is 1. The summed E-state index contributed by atoms with van der Waals surface area (Å²) in [5, 5.41) is 9.95. The number of hydrogen-bond acceptors (Lipinski definition) is 2. The van der Waals surface area contributed by atoms with Crippen LogP contribution in [0.2, 0.25) is 0 Å². The molecule has 1 aromatic rings. The van der Waals surface area contributed by atoms with E-state index in [2.05, 4.69) is 39.8 Å². The third-order valence-corrected chi connectivity index (χ3v) is 8.95. The summed E-state index contributed by atoms with van der Waals surface area (Å²) in [7, 11) is 0. The molecule has 0 radical (unpaired) electrons. The number of rotatable bonds is 7. The minimum Gasteiger partial charge on any atom is -0.508 e.